The zero-order valence-corrected chi connectivity index (χ0v) is 16.4. The predicted molar refractivity (Wildman–Crippen MR) is 103 cm³/mol. The van der Waals surface area contributed by atoms with E-state index in [1.807, 2.05) is 17.9 Å². The van der Waals surface area contributed by atoms with E-state index < -0.39 is 0 Å². The number of hydrogen-bond donors (Lipinski definition) is 1. The van der Waals surface area contributed by atoms with Crippen LogP contribution in [0.15, 0.2) is 6.07 Å². The molecule has 1 aromatic heterocycles. The maximum atomic E-state index is 13.0. The van der Waals surface area contributed by atoms with Crippen LogP contribution in [0.1, 0.15) is 18.5 Å². The van der Waals surface area contributed by atoms with Crippen LogP contribution in [-0.2, 0) is 4.79 Å². The number of nitrogen functional groups attached to an aromatic ring is 1. The fourth-order valence-corrected chi connectivity index (χ4v) is 3.79. The molecule has 1 unspecified atom stereocenters. The fourth-order valence-electron chi connectivity index (χ4n) is 3.79. The molecule has 1 aromatic rings. The highest BCUT2D eigenvalue weighted by Gasteiger charge is 2.33. The number of likely N-dealkylation sites (tertiary alicyclic amines) is 1. The molecule has 0 aliphatic carbocycles. The smallest absolute Gasteiger partial charge is 0.319 e. The Kier molecular flexibility index (Phi) is 5.67. The van der Waals surface area contributed by atoms with Gasteiger partial charge in [-0.3, -0.25) is 4.79 Å². The summed E-state index contributed by atoms with van der Waals surface area (Å²) in [6, 6.07) is 1.90. The molecule has 3 rings (SSSR count). The van der Waals surface area contributed by atoms with Crippen LogP contribution >= 0.6 is 0 Å². The van der Waals surface area contributed by atoms with E-state index >= 15 is 0 Å². The number of piperidine rings is 1. The Hall–Kier alpha value is -2.58. The molecule has 0 spiro atoms. The first-order valence-corrected chi connectivity index (χ1v) is 9.46. The number of rotatable bonds is 2. The molecule has 0 bridgehead atoms. The van der Waals surface area contributed by atoms with Crippen LogP contribution in [-0.4, -0.2) is 90.0 Å². The molecule has 148 valence electrons. The molecular formula is C18H29N7O2. The number of hydrogen-bond acceptors (Lipinski definition) is 6. The first-order valence-electron chi connectivity index (χ1n) is 9.46. The number of urea groups is 1. The van der Waals surface area contributed by atoms with Crippen molar-refractivity contribution < 1.29 is 9.59 Å². The maximum absolute atomic E-state index is 13.0. The third-order valence-electron chi connectivity index (χ3n) is 5.20. The highest BCUT2D eigenvalue weighted by molar-refractivity contribution is 5.81. The summed E-state index contributed by atoms with van der Waals surface area (Å²) in [5.41, 5.74) is 6.59. The van der Waals surface area contributed by atoms with Crippen molar-refractivity contribution in [3.8, 4) is 0 Å². The van der Waals surface area contributed by atoms with Gasteiger partial charge in [-0.25, -0.2) is 9.78 Å². The van der Waals surface area contributed by atoms with Crippen molar-refractivity contribution in [2.24, 2.45) is 5.92 Å². The summed E-state index contributed by atoms with van der Waals surface area (Å²) in [6.07, 6.45) is 1.72. The molecule has 27 heavy (non-hydrogen) atoms. The summed E-state index contributed by atoms with van der Waals surface area (Å²) >= 11 is 0. The van der Waals surface area contributed by atoms with Crippen LogP contribution < -0.4 is 10.6 Å². The van der Waals surface area contributed by atoms with Gasteiger partial charge in [0.2, 0.25) is 11.9 Å². The van der Waals surface area contributed by atoms with Gasteiger partial charge in [0.05, 0.1) is 5.92 Å². The minimum absolute atomic E-state index is 0.0194. The highest BCUT2D eigenvalue weighted by atomic mass is 16.2. The Morgan fingerprint density at radius 2 is 1.81 bits per heavy atom. The molecule has 3 amide bonds. The highest BCUT2D eigenvalue weighted by Crippen LogP contribution is 2.22. The SMILES string of the molecule is Cc1cc(N2CCN(C(=O)C3CCCN(C(=O)N(C)C)C3)CC2)nc(N)n1. The number of carbonyl (C=O) groups is 2. The van der Waals surface area contributed by atoms with Crippen LogP contribution in [0.3, 0.4) is 0 Å². The second kappa shape index (κ2) is 7.98. The zero-order chi connectivity index (χ0) is 19.6. The van der Waals surface area contributed by atoms with Gasteiger partial charge in [0.1, 0.15) is 5.82 Å². The van der Waals surface area contributed by atoms with Crippen molar-refractivity contribution in [3.05, 3.63) is 11.8 Å². The Morgan fingerprint density at radius 3 is 2.44 bits per heavy atom. The van der Waals surface area contributed by atoms with Crippen LogP contribution in [0.25, 0.3) is 0 Å². The van der Waals surface area contributed by atoms with E-state index in [1.165, 1.54) is 0 Å². The number of aryl methyl sites for hydroxylation is 1. The van der Waals surface area contributed by atoms with Gasteiger partial charge in [-0.1, -0.05) is 0 Å². The molecule has 0 radical (unpaired) electrons. The minimum Gasteiger partial charge on any atom is -0.368 e. The average molecular weight is 375 g/mol. The topological polar surface area (TPSA) is 98.9 Å². The lowest BCUT2D eigenvalue weighted by Crippen LogP contribution is -2.54. The summed E-state index contributed by atoms with van der Waals surface area (Å²) in [6.45, 7) is 5.87. The van der Waals surface area contributed by atoms with E-state index in [0.29, 0.717) is 32.7 Å². The standard InChI is InChI=1S/C18H29N7O2/c1-13-11-15(21-17(19)20-13)23-7-9-24(10-8-23)16(26)14-5-4-6-25(12-14)18(27)22(2)3/h11,14H,4-10,12H2,1-3H3,(H2,19,20,21). The van der Waals surface area contributed by atoms with Crippen LogP contribution in [0.2, 0.25) is 0 Å². The van der Waals surface area contributed by atoms with Gasteiger partial charge in [-0.05, 0) is 19.8 Å². The normalized spacial score (nSPS) is 20.6. The number of aromatic nitrogens is 2. The number of nitrogens with two attached hydrogens (primary N) is 1. The molecule has 0 aromatic carbocycles. The van der Waals surface area contributed by atoms with Gasteiger partial charge in [0.25, 0.3) is 0 Å². The number of piperazine rings is 1. The summed E-state index contributed by atoms with van der Waals surface area (Å²) in [5, 5.41) is 0. The Bertz CT molecular complexity index is 681. The van der Waals surface area contributed by atoms with Gasteiger partial charge in [-0.2, -0.15) is 4.98 Å². The molecule has 2 aliphatic heterocycles. The lowest BCUT2D eigenvalue weighted by Gasteiger charge is -2.39. The van der Waals surface area contributed by atoms with Gasteiger partial charge in [0, 0.05) is 65.1 Å². The lowest BCUT2D eigenvalue weighted by molar-refractivity contribution is -0.137. The Balaban J connectivity index is 1.57. The largest absolute Gasteiger partial charge is 0.368 e. The third kappa shape index (κ3) is 4.40. The second-order valence-electron chi connectivity index (χ2n) is 7.50. The zero-order valence-electron chi connectivity index (χ0n) is 16.4. The van der Waals surface area contributed by atoms with Gasteiger partial charge < -0.3 is 25.3 Å². The van der Waals surface area contributed by atoms with Gasteiger partial charge in [-0.15, -0.1) is 0 Å². The molecule has 9 nitrogen and oxygen atoms in total. The number of amides is 3. The van der Waals surface area contributed by atoms with Crippen LogP contribution in [0, 0.1) is 12.8 Å². The van der Waals surface area contributed by atoms with E-state index in [2.05, 4.69) is 14.9 Å². The van der Waals surface area contributed by atoms with Crippen LogP contribution in [0.5, 0.6) is 0 Å². The summed E-state index contributed by atoms with van der Waals surface area (Å²) in [4.78, 5) is 41.0. The van der Waals surface area contributed by atoms with Crippen molar-refractivity contribution in [3.63, 3.8) is 0 Å². The second-order valence-corrected chi connectivity index (χ2v) is 7.50. The summed E-state index contributed by atoms with van der Waals surface area (Å²) < 4.78 is 0. The van der Waals surface area contributed by atoms with Gasteiger partial charge in [0.15, 0.2) is 0 Å². The molecule has 2 fully saturated rings. The van der Waals surface area contributed by atoms with Crippen molar-refractivity contribution in [2.45, 2.75) is 19.8 Å². The Labute approximate surface area is 160 Å². The average Bonchev–Trinajstić information content (AvgIpc) is 2.66. The minimum atomic E-state index is -0.105. The Morgan fingerprint density at radius 1 is 1.11 bits per heavy atom. The number of nitrogens with zero attached hydrogens (tertiary/aromatic N) is 6. The summed E-state index contributed by atoms with van der Waals surface area (Å²) in [5.74, 6) is 1.14. The van der Waals surface area contributed by atoms with E-state index in [4.69, 9.17) is 5.73 Å². The van der Waals surface area contributed by atoms with Crippen LogP contribution in [0.4, 0.5) is 16.6 Å². The molecule has 1 atom stereocenters. The van der Waals surface area contributed by atoms with E-state index in [0.717, 1.165) is 30.9 Å². The fraction of sp³-hybridized carbons (Fsp3) is 0.667. The maximum Gasteiger partial charge on any atom is 0.319 e. The molecule has 2 N–H and O–H groups in total. The van der Waals surface area contributed by atoms with E-state index in [9.17, 15) is 9.59 Å². The third-order valence-corrected chi connectivity index (χ3v) is 5.20. The van der Waals surface area contributed by atoms with Crippen molar-refractivity contribution in [1.82, 2.24) is 24.7 Å². The van der Waals surface area contributed by atoms with Crippen molar-refractivity contribution in [1.29, 1.82) is 0 Å². The van der Waals surface area contributed by atoms with Gasteiger partial charge >= 0.3 is 6.03 Å². The quantitative estimate of drug-likeness (QED) is 0.804. The molecule has 2 aliphatic rings. The monoisotopic (exact) mass is 375 g/mol. The number of anilines is 2. The molecule has 9 heteroatoms. The molecular weight excluding hydrogens is 346 g/mol. The molecule has 2 saturated heterocycles. The lowest BCUT2D eigenvalue weighted by atomic mass is 9.96. The predicted octanol–water partition coefficient (Wildman–Crippen LogP) is 0.409. The number of carbonyl (C=O) groups excluding carboxylic acids is 2. The molecule has 0 saturated carbocycles. The van der Waals surface area contributed by atoms with Crippen molar-refractivity contribution >= 4 is 23.7 Å². The summed E-state index contributed by atoms with van der Waals surface area (Å²) in [7, 11) is 3.49. The first kappa shape index (κ1) is 19.2. The van der Waals surface area contributed by atoms with E-state index in [1.54, 1.807) is 23.9 Å². The molecule has 3 heterocycles. The van der Waals surface area contributed by atoms with E-state index in [-0.39, 0.29) is 23.8 Å². The van der Waals surface area contributed by atoms with Crippen molar-refractivity contribution in [2.75, 3.05) is 64.0 Å². The first-order chi connectivity index (χ1) is 12.8.